The number of aromatic hydroxyl groups is 1. The van der Waals surface area contributed by atoms with Crippen LogP contribution >= 0.6 is 0 Å². The smallest absolute Gasteiger partial charge is 0.256 e. The standard InChI is InChI=1S/C23H26FN3O3/c24-20-7-3-2-6-19(20)22(29)26-12-18-13-30-10-9-27(18)23(16-26)14-25(15-23)11-17-5-1-4-8-21(17)28/h1-8,18,28H,9-16H2. The minimum atomic E-state index is -0.478. The lowest BCUT2D eigenvalue weighted by Gasteiger charge is -2.63. The lowest BCUT2D eigenvalue weighted by atomic mass is 9.82. The number of amides is 1. The van der Waals surface area contributed by atoms with Gasteiger partial charge in [-0.05, 0) is 18.2 Å². The minimum Gasteiger partial charge on any atom is -0.508 e. The van der Waals surface area contributed by atoms with Gasteiger partial charge in [0.2, 0.25) is 0 Å². The van der Waals surface area contributed by atoms with Crippen molar-refractivity contribution in [3.63, 3.8) is 0 Å². The van der Waals surface area contributed by atoms with E-state index in [1.807, 2.05) is 18.2 Å². The average Bonchev–Trinajstić information content (AvgIpc) is 2.74. The van der Waals surface area contributed by atoms with Gasteiger partial charge in [0.05, 0.1) is 30.4 Å². The zero-order chi connectivity index (χ0) is 20.7. The van der Waals surface area contributed by atoms with Crippen molar-refractivity contribution in [3.05, 3.63) is 65.5 Å². The molecule has 158 valence electrons. The third kappa shape index (κ3) is 3.37. The molecule has 3 saturated heterocycles. The number of para-hydroxylation sites is 1. The third-order valence-electron chi connectivity index (χ3n) is 6.57. The molecular formula is C23H26FN3O3. The van der Waals surface area contributed by atoms with Gasteiger partial charge in [0, 0.05) is 44.8 Å². The van der Waals surface area contributed by atoms with Gasteiger partial charge in [0.15, 0.2) is 0 Å². The number of fused-ring (bicyclic) bond motifs is 2. The Morgan fingerprint density at radius 3 is 2.70 bits per heavy atom. The minimum absolute atomic E-state index is 0.121. The van der Waals surface area contributed by atoms with Gasteiger partial charge in [-0.1, -0.05) is 30.3 Å². The number of phenols is 1. The van der Waals surface area contributed by atoms with Gasteiger partial charge in [-0.15, -0.1) is 0 Å². The van der Waals surface area contributed by atoms with E-state index in [0.717, 1.165) is 25.2 Å². The normalized spacial score (nSPS) is 23.8. The first-order chi connectivity index (χ1) is 14.6. The summed E-state index contributed by atoms with van der Waals surface area (Å²) in [6.07, 6.45) is 0. The van der Waals surface area contributed by atoms with Gasteiger partial charge < -0.3 is 14.7 Å². The Bertz CT molecular complexity index is 947. The highest BCUT2D eigenvalue weighted by Crippen LogP contribution is 2.37. The van der Waals surface area contributed by atoms with Crippen LogP contribution in [0.15, 0.2) is 48.5 Å². The van der Waals surface area contributed by atoms with Crippen LogP contribution in [0.4, 0.5) is 4.39 Å². The summed E-state index contributed by atoms with van der Waals surface area (Å²) in [6, 6.07) is 13.7. The number of rotatable bonds is 3. The number of nitrogens with zero attached hydrogens (tertiary/aromatic N) is 3. The number of carbonyl (C=O) groups is 1. The maximum Gasteiger partial charge on any atom is 0.256 e. The zero-order valence-electron chi connectivity index (χ0n) is 16.8. The van der Waals surface area contributed by atoms with Crippen molar-refractivity contribution in [2.24, 2.45) is 0 Å². The molecule has 1 amide bonds. The Labute approximate surface area is 175 Å². The number of hydrogen-bond donors (Lipinski definition) is 1. The van der Waals surface area contributed by atoms with Crippen LogP contribution in [0.5, 0.6) is 5.75 Å². The molecule has 1 spiro atoms. The average molecular weight is 411 g/mol. The number of hydrogen-bond acceptors (Lipinski definition) is 5. The molecule has 2 aromatic carbocycles. The van der Waals surface area contributed by atoms with Crippen molar-refractivity contribution in [2.45, 2.75) is 18.1 Å². The molecule has 1 unspecified atom stereocenters. The topological polar surface area (TPSA) is 56.2 Å². The number of benzene rings is 2. The summed E-state index contributed by atoms with van der Waals surface area (Å²) in [5, 5.41) is 10.1. The van der Waals surface area contributed by atoms with Crippen molar-refractivity contribution in [2.75, 3.05) is 45.9 Å². The van der Waals surface area contributed by atoms with Gasteiger partial charge in [-0.2, -0.15) is 0 Å². The van der Waals surface area contributed by atoms with Crippen LogP contribution in [-0.2, 0) is 11.3 Å². The second-order valence-electron chi connectivity index (χ2n) is 8.59. The molecule has 1 atom stereocenters. The van der Waals surface area contributed by atoms with Crippen molar-refractivity contribution in [1.82, 2.24) is 14.7 Å². The van der Waals surface area contributed by atoms with E-state index in [0.29, 0.717) is 38.6 Å². The summed E-state index contributed by atoms with van der Waals surface area (Å²) < 4.78 is 19.9. The summed E-state index contributed by atoms with van der Waals surface area (Å²) in [5.41, 5.74) is 0.877. The fourth-order valence-corrected chi connectivity index (χ4v) is 5.22. The van der Waals surface area contributed by atoms with Crippen LogP contribution in [0.1, 0.15) is 15.9 Å². The molecule has 3 heterocycles. The molecule has 6 nitrogen and oxygen atoms in total. The van der Waals surface area contributed by atoms with Crippen LogP contribution in [0.3, 0.4) is 0 Å². The maximum absolute atomic E-state index is 14.2. The number of morpholine rings is 1. The predicted molar refractivity (Wildman–Crippen MR) is 110 cm³/mol. The molecule has 0 aliphatic carbocycles. The largest absolute Gasteiger partial charge is 0.508 e. The summed E-state index contributed by atoms with van der Waals surface area (Å²) in [7, 11) is 0. The van der Waals surface area contributed by atoms with Crippen LogP contribution in [0.2, 0.25) is 0 Å². The third-order valence-corrected chi connectivity index (χ3v) is 6.57. The summed E-state index contributed by atoms with van der Waals surface area (Å²) in [4.78, 5) is 19.7. The van der Waals surface area contributed by atoms with Crippen LogP contribution in [0, 0.1) is 5.82 Å². The fraction of sp³-hybridized carbons (Fsp3) is 0.435. The van der Waals surface area contributed by atoms with Crippen molar-refractivity contribution in [3.8, 4) is 5.75 Å². The highest BCUT2D eigenvalue weighted by Gasteiger charge is 2.54. The molecule has 3 fully saturated rings. The van der Waals surface area contributed by atoms with Crippen molar-refractivity contribution < 1.29 is 19.0 Å². The quantitative estimate of drug-likeness (QED) is 0.837. The summed E-state index contributed by atoms with van der Waals surface area (Å²) in [5.74, 6) is -0.423. The monoisotopic (exact) mass is 411 g/mol. The van der Waals surface area contributed by atoms with Gasteiger partial charge in [-0.25, -0.2) is 4.39 Å². The zero-order valence-corrected chi connectivity index (χ0v) is 16.8. The van der Waals surface area contributed by atoms with Gasteiger partial charge in [0.1, 0.15) is 11.6 Å². The molecule has 3 aliphatic heterocycles. The Balaban J connectivity index is 1.35. The number of likely N-dealkylation sites (tertiary alicyclic amines) is 1. The van der Waals surface area contributed by atoms with E-state index in [1.165, 1.54) is 6.07 Å². The molecule has 2 aromatic rings. The molecule has 1 N–H and O–H groups in total. The lowest BCUT2D eigenvalue weighted by molar-refractivity contribution is -0.160. The Kier molecular flexibility index (Phi) is 4.97. The first-order valence-electron chi connectivity index (χ1n) is 10.4. The van der Waals surface area contributed by atoms with E-state index in [2.05, 4.69) is 9.80 Å². The number of halogens is 1. The van der Waals surface area contributed by atoms with E-state index < -0.39 is 5.82 Å². The van der Waals surface area contributed by atoms with Crippen molar-refractivity contribution in [1.29, 1.82) is 0 Å². The van der Waals surface area contributed by atoms with Gasteiger partial charge >= 0.3 is 0 Å². The summed E-state index contributed by atoms with van der Waals surface area (Å²) in [6.45, 7) is 5.53. The number of piperazine rings is 1. The van der Waals surface area contributed by atoms with E-state index in [9.17, 15) is 14.3 Å². The Morgan fingerprint density at radius 1 is 1.13 bits per heavy atom. The predicted octanol–water partition coefficient (Wildman–Crippen LogP) is 1.94. The molecule has 5 rings (SSSR count). The number of ether oxygens (including phenoxy) is 1. The fourth-order valence-electron chi connectivity index (χ4n) is 5.22. The molecule has 0 bridgehead atoms. The highest BCUT2D eigenvalue weighted by atomic mass is 19.1. The first-order valence-corrected chi connectivity index (χ1v) is 10.4. The van der Waals surface area contributed by atoms with Crippen molar-refractivity contribution >= 4 is 5.91 Å². The van der Waals surface area contributed by atoms with Gasteiger partial charge in [0.25, 0.3) is 5.91 Å². The lowest BCUT2D eigenvalue weighted by Crippen LogP contribution is -2.80. The SMILES string of the molecule is O=C(c1ccccc1F)N1CC2COCCN2C2(CN(Cc3ccccc3O)C2)C1. The van der Waals surface area contributed by atoms with E-state index in [-0.39, 0.29) is 23.1 Å². The molecule has 0 saturated carbocycles. The van der Waals surface area contributed by atoms with Crippen LogP contribution < -0.4 is 0 Å². The number of carbonyl (C=O) groups excluding carboxylic acids is 1. The molecule has 0 radical (unpaired) electrons. The Morgan fingerprint density at radius 2 is 1.90 bits per heavy atom. The van der Waals surface area contributed by atoms with E-state index in [4.69, 9.17) is 4.74 Å². The van der Waals surface area contributed by atoms with Crippen LogP contribution in [0.25, 0.3) is 0 Å². The molecule has 7 heteroatoms. The molecule has 30 heavy (non-hydrogen) atoms. The van der Waals surface area contributed by atoms with Crippen LogP contribution in [-0.4, -0.2) is 83.2 Å². The highest BCUT2D eigenvalue weighted by molar-refractivity contribution is 5.94. The molecule has 3 aliphatic rings. The number of phenolic OH excluding ortho intramolecular Hbond substituents is 1. The second kappa shape index (κ2) is 7.65. The van der Waals surface area contributed by atoms with E-state index in [1.54, 1.807) is 29.2 Å². The van der Waals surface area contributed by atoms with E-state index >= 15 is 0 Å². The molecular weight excluding hydrogens is 385 g/mol. The maximum atomic E-state index is 14.2. The Hall–Kier alpha value is -2.48. The molecule has 0 aromatic heterocycles. The first kappa shape index (κ1) is 19.5. The van der Waals surface area contributed by atoms with Gasteiger partial charge in [-0.3, -0.25) is 14.6 Å². The summed E-state index contributed by atoms with van der Waals surface area (Å²) >= 11 is 0. The second-order valence-corrected chi connectivity index (χ2v) is 8.59.